The van der Waals surface area contributed by atoms with Crippen molar-refractivity contribution in [1.29, 1.82) is 0 Å². The third kappa shape index (κ3) is 1.27. The van der Waals surface area contributed by atoms with E-state index in [0.29, 0.717) is 8.39 Å². The minimum absolute atomic E-state index is 0.427. The molecule has 0 saturated heterocycles. The summed E-state index contributed by atoms with van der Waals surface area (Å²) in [5, 5.41) is -0.427. The molecule has 0 aliphatic rings. The molecular weight excluding hydrogens is 261 g/mol. The number of halogens is 3. The fourth-order valence-electron chi connectivity index (χ4n) is 0.260. The number of thiazole rings is 1. The van der Waals surface area contributed by atoms with Crippen molar-refractivity contribution in [1.82, 2.24) is 4.98 Å². The summed E-state index contributed by atoms with van der Waals surface area (Å²) in [5.41, 5.74) is 0. The quantitative estimate of drug-likeness (QED) is 0.699. The first kappa shape index (κ1) is 6.64. The van der Waals surface area contributed by atoms with Crippen molar-refractivity contribution < 1.29 is 4.39 Å². The Bertz CT molecular complexity index is 180. The molecule has 0 bridgehead atoms. The predicted molar refractivity (Wildman–Crippen MR) is 37.5 cm³/mol. The summed E-state index contributed by atoms with van der Waals surface area (Å²) in [5.74, 6) is 0. The molecule has 0 aromatic carbocycles. The highest BCUT2D eigenvalue weighted by Gasteiger charge is 2.02. The van der Waals surface area contributed by atoms with E-state index in [1.54, 1.807) is 0 Å². The van der Waals surface area contributed by atoms with Crippen molar-refractivity contribution >= 4 is 43.2 Å². The first-order valence-electron chi connectivity index (χ1n) is 1.67. The van der Waals surface area contributed by atoms with Crippen molar-refractivity contribution in [3.05, 3.63) is 13.7 Å². The van der Waals surface area contributed by atoms with Gasteiger partial charge in [-0.15, -0.1) is 0 Å². The molecule has 0 radical (unpaired) electrons. The molecule has 0 fully saturated rings. The Morgan fingerprint density at radius 3 is 2.25 bits per heavy atom. The second kappa shape index (κ2) is 2.41. The van der Waals surface area contributed by atoms with Crippen LogP contribution in [0.2, 0.25) is 0 Å². The molecule has 1 aromatic rings. The second-order valence-electron chi connectivity index (χ2n) is 1.03. The minimum Gasteiger partial charge on any atom is -0.201 e. The van der Waals surface area contributed by atoms with Crippen LogP contribution in [0.25, 0.3) is 0 Å². The summed E-state index contributed by atoms with van der Waals surface area (Å²) >= 11 is 7.07. The maximum Gasteiger partial charge on any atom is 0.271 e. The van der Waals surface area contributed by atoms with E-state index in [0.717, 1.165) is 11.3 Å². The Morgan fingerprint density at radius 1 is 1.50 bits per heavy atom. The number of hydrogen-bond acceptors (Lipinski definition) is 2. The average molecular weight is 261 g/mol. The molecular formula is C3Br2FNS. The largest absolute Gasteiger partial charge is 0.271 e. The Labute approximate surface area is 66.2 Å². The van der Waals surface area contributed by atoms with E-state index in [1.807, 2.05) is 0 Å². The molecule has 1 nitrogen and oxygen atoms in total. The molecule has 0 unspecified atom stereocenters. The summed E-state index contributed by atoms with van der Waals surface area (Å²) in [6.45, 7) is 0. The maximum absolute atomic E-state index is 12.0. The van der Waals surface area contributed by atoms with Gasteiger partial charge in [0.25, 0.3) is 5.26 Å². The van der Waals surface area contributed by atoms with Crippen LogP contribution in [0.4, 0.5) is 4.39 Å². The van der Waals surface area contributed by atoms with E-state index in [1.165, 1.54) is 0 Å². The van der Waals surface area contributed by atoms with Gasteiger partial charge in [0, 0.05) is 0 Å². The topological polar surface area (TPSA) is 12.9 Å². The Morgan fingerprint density at radius 2 is 2.12 bits per heavy atom. The summed E-state index contributed by atoms with van der Waals surface area (Å²) in [7, 11) is 0. The lowest BCUT2D eigenvalue weighted by Crippen LogP contribution is -1.63. The molecule has 0 N–H and O–H groups in total. The molecule has 44 valence electrons. The van der Waals surface area contributed by atoms with E-state index in [4.69, 9.17) is 0 Å². The van der Waals surface area contributed by atoms with Gasteiger partial charge in [0.2, 0.25) is 0 Å². The summed E-state index contributed by atoms with van der Waals surface area (Å²) in [6.07, 6.45) is 0. The molecule has 1 rings (SSSR count). The van der Waals surface area contributed by atoms with E-state index in [-0.39, 0.29) is 0 Å². The lowest BCUT2D eigenvalue weighted by atomic mass is 11.0. The lowest BCUT2D eigenvalue weighted by Gasteiger charge is -1.71. The van der Waals surface area contributed by atoms with Gasteiger partial charge in [0.1, 0.15) is 8.39 Å². The highest BCUT2D eigenvalue weighted by molar-refractivity contribution is 9.13. The first-order chi connectivity index (χ1) is 3.70. The number of nitrogens with zero attached hydrogens (tertiary/aromatic N) is 1. The van der Waals surface area contributed by atoms with Gasteiger partial charge >= 0.3 is 0 Å². The van der Waals surface area contributed by atoms with Crippen molar-refractivity contribution in [2.75, 3.05) is 0 Å². The maximum atomic E-state index is 12.0. The standard InChI is InChI=1S/C3Br2FNS/c4-1-2(5)8-3(6)7-1. The Balaban J connectivity index is 3.14. The van der Waals surface area contributed by atoms with Gasteiger partial charge in [-0.1, -0.05) is 11.3 Å². The van der Waals surface area contributed by atoms with Gasteiger partial charge in [-0.25, -0.2) is 4.98 Å². The smallest absolute Gasteiger partial charge is 0.201 e. The Hall–Kier alpha value is 0.520. The summed E-state index contributed by atoms with van der Waals surface area (Å²) in [4.78, 5) is 3.43. The average Bonchev–Trinajstić information content (AvgIpc) is 1.85. The van der Waals surface area contributed by atoms with E-state index in [9.17, 15) is 4.39 Å². The fraction of sp³-hybridized carbons (Fsp3) is 0. The monoisotopic (exact) mass is 259 g/mol. The van der Waals surface area contributed by atoms with E-state index in [2.05, 4.69) is 36.8 Å². The molecule has 1 aromatic heterocycles. The molecule has 0 saturated carbocycles. The molecule has 0 aliphatic heterocycles. The summed E-state index contributed by atoms with van der Waals surface area (Å²) < 4.78 is 13.3. The van der Waals surface area contributed by atoms with Crippen LogP contribution in [0, 0.1) is 5.26 Å². The lowest BCUT2D eigenvalue weighted by molar-refractivity contribution is 0.615. The van der Waals surface area contributed by atoms with Crippen LogP contribution in [0.1, 0.15) is 0 Å². The van der Waals surface area contributed by atoms with Crippen LogP contribution in [0.15, 0.2) is 8.39 Å². The van der Waals surface area contributed by atoms with Crippen molar-refractivity contribution in [2.24, 2.45) is 0 Å². The zero-order valence-corrected chi connectivity index (χ0v) is 7.48. The molecule has 8 heavy (non-hydrogen) atoms. The molecule has 1 heterocycles. The highest BCUT2D eigenvalue weighted by atomic mass is 79.9. The molecule has 5 heteroatoms. The fourth-order valence-corrected chi connectivity index (χ4v) is 1.68. The van der Waals surface area contributed by atoms with Crippen LogP contribution >= 0.6 is 43.2 Å². The molecule has 0 spiro atoms. The third-order valence-corrected chi connectivity index (χ3v) is 3.38. The highest BCUT2D eigenvalue weighted by Crippen LogP contribution is 2.27. The van der Waals surface area contributed by atoms with Crippen LogP contribution < -0.4 is 0 Å². The van der Waals surface area contributed by atoms with E-state index >= 15 is 0 Å². The van der Waals surface area contributed by atoms with Crippen molar-refractivity contribution in [3.63, 3.8) is 0 Å². The minimum atomic E-state index is -0.427. The summed E-state index contributed by atoms with van der Waals surface area (Å²) in [6, 6.07) is 0. The zero-order chi connectivity index (χ0) is 6.15. The van der Waals surface area contributed by atoms with Crippen LogP contribution in [-0.4, -0.2) is 4.98 Å². The van der Waals surface area contributed by atoms with Crippen LogP contribution in [0.5, 0.6) is 0 Å². The van der Waals surface area contributed by atoms with Gasteiger partial charge in [-0.3, -0.25) is 0 Å². The van der Waals surface area contributed by atoms with Crippen molar-refractivity contribution in [2.45, 2.75) is 0 Å². The zero-order valence-electron chi connectivity index (χ0n) is 3.49. The second-order valence-corrected chi connectivity index (χ2v) is 4.05. The SMILES string of the molecule is Fc1nc(Br)c(Br)s1. The van der Waals surface area contributed by atoms with Gasteiger partial charge in [0.05, 0.1) is 0 Å². The molecule has 0 atom stereocenters. The van der Waals surface area contributed by atoms with Crippen molar-refractivity contribution in [3.8, 4) is 0 Å². The third-order valence-electron chi connectivity index (χ3n) is 0.522. The first-order valence-corrected chi connectivity index (χ1v) is 4.07. The van der Waals surface area contributed by atoms with E-state index < -0.39 is 5.26 Å². The van der Waals surface area contributed by atoms with Gasteiger partial charge in [0.15, 0.2) is 0 Å². The van der Waals surface area contributed by atoms with Gasteiger partial charge in [-0.2, -0.15) is 4.39 Å². The molecule has 0 aliphatic carbocycles. The van der Waals surface area contributed by atoms with Gasteiger partial charge < -0.3 is 0 Å². The predicted octanol–water partition coefficient (Wildman–Crippen LogP) is 2.81. The molecule has 0 amide bonds. The Kier molecular flexibility index (Phi) is 2.00. The number of aromatic nitrogens is 1. The van der Waals surface area contributed by atoms with Crippen LogP contribution in [0.3, 0.4) is 0 Å². The van der Waals surface area contributed by atoms with Crippen LogP contribution in [-0.2, 0) is 0 Å². The number of hydrogen-bond donors (Lipinski definition) is 0. The normalized spacial score (nSPS) is 9.88. The number of rotatable bonds is 0. The van der Waals surface area contributed by atoms with Gasteiger partial charge in [-0.05, 0) is 31.9 Å².